The van der Waals surface area contributed by atoms with Crippen molar-refractivity contribution in [2.75, 3.05) is 55.2 Å². The molecular weight excluding hydrogens is 903 g/mol. The fraction of sp³-hybridized carbons (Fsp3) is 0.269. The molecule has 362 valence electrons. The van der Waals surface area contributed by atoms with Crippen molar-refractivity contribution in [3.05, 3.63) is 122 Å². The summed E-state index contributed by atoms with van der Waals surface area (Å²) in [6.07, 6.45) is 3.99. The number of rotatable bonds is 20. The Morgan fingerprint density at radius 2 is 1.43 bits per heavy atom. The first-order valence-corrected chi connectivity index (χ1v) is 22.4. The number of phenols is 1. The van der Waals surface area contributed by atoms with Crippen LogP contribution in [0.25, 0.3) is 55.7 Å². The zero-order chi connectivity index (χ0) is 49.5. The van der Waals surface area contributed by atoms with Gasteiger partial charge < -0.3 is 53.0 Å². The molecule has 70 heavy (non-hydrogen) atoms. The molecule has 1 aliphatic carbocycles. The van der Waals surface area contributed by atoms with E-state index >= 15 is 0 Å². The van der Waals surface area contributed by atoms with Gasteiger partial charge in [0.25, 0.3) is 11.8 Å². The fourth-order valence-electron chi connectivity index (χ4n) is 8.28. The number of unbranched alkanes of at least 4 members (excludes halogenated alkanes) is 2. The predicted molar refractivity (Wildman–Crippen MR) is 260 cm³/mol. The van der Waals surface area contributed by atoms with Crippen molar-refractivity contribution in [1.82, 2.24) is 25.6 Å². The van der Waals surface area contributed by atoms with Crippen LogP contribution in [0.4, 0.5) is 0 Å². The van der Waals surface area contributed by atoms with E-state index in [2.05, 4.69) is 20.9 Å². The van der Waals surface area contributed by atoms with Gasteiger partial charge in [0.05, 0.1) is 48.4 Å². The zero-order valence-electron chi connectivity index (χ0n) is 39.4. The lowest BCUT2D eigenvalue weighted by molar-refractivity contribution is 0.0942. The number of fused-ring (bicyclic) bond motifs is 3. The van der Waals surface area contributed by atoms with Crippen molar-refractivity contribution >= 4 is 33.8 Å². The normalized spacial score (nSPS) is 11.2. The molecule has 0 saturated heterocycles. The van der Waals surface area contributed by atoms with Gasteiger partial charge in [-0.25, -0.2) is 0 Å². The highest BCUT2D eigenvalue weighted by Gasteiger charge is 2.28. The number of nitrogens with zero attached hydrogens (tertiary/aromatic N) is 3. The van der Waals surface area contributed by atoms with Crippen molar-refractivity contribution < 1.29 is 52.0 Å². The molecular formula is C52H51N5O13. The number of nitrogens with one attached hydrogen (secondary N) is 2. The van der Waals surface area contributed by atoms with Gasteiger partial charge in [0.1, 0.15) is 28.2 Å². The Labute approximate surface area is 401 Å². The number of benzene rings is 5. The van der Waals surface area contributed by atoms with E-state index in [4.69, 9.17) is 37.3 Å². The molecule has 2 aliphatic rings. The maximum absolute atomic E-state index is 13.8. The summed E-state index contributed by atoms with van der Waals surface area (Å²) in [5, 5.41) is 24.9. The molecule has 0 radical (unpaired) electrons. The lowest BCUT2D eigenvalue weighted by atomic mass is 9.90. The maximum atomic E-state index is 13.8. The molecule has 0 atom stereocenters. The SMILES string of the molecule is COc1ccc(-c2cc(=O)c3c(OCCCCCNC(=O)c4cn(CCCNC(=O)c5ccc(-c6c7ccc(=O)cc-7oc7cc(O)ccc67)c(C)c5)nn4)c(OC)c(OC)c(OC)c3o2)cc1OC. The van der Waals surface area contributed by atoms with E-state index in [1.165, 1.54) is 59.8 Å². The highest BCUT2D eigenvalue weighted by Crippen LogP contribution is 2.51. The number of hydrogen-bond donors (Lipinski definition) is 3. The second-order valence-electron chi connectivity index (χ2n) is 16.2. The molecule has 0 unspecified atom stereocenters. The summed E-state index contributed by atoms with van der Waals surface area (Å²) < 4.78 is 47.8. The van der Waals surface area contributed by atoms with Crippen LogP contribution in [0.1, 0.15) is 52.1 Å². The van der Waals surface area contributed by atoms with Crippen LogP contribution in [0, 0.1) is 6.92 Å². The third-order valence-corrected chi connectivity index (χ3v) is 11.7. The minimum Gasteiger partial charge on any atom is -0.508 e. The number of hydrogen-bond acceptors (Lipinski definition) is 15. The van der Waals surface area contributed by atoms with Gasteiger partial charge in [-0.2, -0.15) is 0 Å². The Morgan fingerprint density at radius 3 is 2.19 bits per heavy atom. The first-order valence-electron chi connectivity index (χ1n) is 22.4. The van der Waals surface area contributed by atoms with Gasteiger partial charge in [-0.1, -0.05) is 11.3 Å². The molecule has 6 aromatic rings. The quantitative estimate of drug-likeness (QED) is 0.0490. The number of phenolic OH excluding ortho intramolecular Hbond substituents is 1. The van der Waals surface area contributed by atoms with Crippen molar-refractivity contribution in [1.29, 1.82) is 0 Å². The number of aryl methyl sites for hydroxylation is 2. The Hall–Kier alpha value is -8.54. The largest absolute Gasteiger partial charge is 0.508 e. The lowest BCUT2D eigenvalue weighted by Crippen LogP contribution is -2.25. The molecule has 3 heterocycles. The molecule has 18 heteroatoms. The topological polar surface area (TPSA) is 225 Å². The van der Waals surface area contributed by atoms with Crippen LogP contribution in [0.2, 0.25) is 0 Å². The number of aromatic nitrogens is 3. The Bertz CT molecular complexity index is 3320. The summed E-state index contributed by atoms with van der Waals surface area (Å²) in [6, 6.07) is 21.4. The van der Waals surface area contributed by atoms with E-state index in [1.54, 1.807) is 53.3 Å². The molecule has 0 spiro atoms. The molecule has 0 bridgehead atoms. The van der Waals surface area contributed by atoms with Crippen LogP contribution >= 0.6 is 0 Å². The summed E-state index contributed by atoms with van der Waals surface area (Å²) in [5.74, 6) is 1.73. The average Bonchev–Trinajstić information content (AvgIpc) is 3.85. The minimum atomic E-state index is -0.391. The number of methoxy groups -OCH3 is 5. The second-order valence-corrected chi connectivity index (χ2v) is 16.2. The van der Waals surface area contributed by atoms with Crippen LogP contribution in [0.3, 0.4) is 0 Å². The van der Waals surface area contributed by atoms with Crippen LogP contribution in [0.15, 0.2) is 103 Å². The molecule has 0 saturated carbocycles. The average molecular weight is 954 g/mol. The Kier molecular flexibility index (Phi) is 14.5. The summed E-state index contributed by atoms with van der Waals surface area (Å²) in [7, 11) is 7.37. The monoisotopic (exact) mass is 953 g/mol. The molecule has 8 rings (SSSR count). The molecule has 18 nitrogen and oxygen atoms in total. The summed E-state index contributed by atoms with van der Waals surface area (Å²) in [5.41, 5.74) is 4.42. The summed E-state index contributed by atoms with van der Waals surface area (Å²) >= 11 is 0. The molecule has 2 amide bonds. The number of ether oxygens (including phenoxy) is 6. The summed E-state index contributed by atoms with van der Waals surface area (Å²) in [4.78, 5) is 52.0. The predicted octanol–water partition coefficient (Wildman–Crippen LogP) is 7.79. The third-order valence-electron chi connectivity index (χ3n) is 11.7. The van der Waals surface area contributed by atoms with Crippen molar-refractivity contribution in [3.63, 3.8) is 0 Å². The highest BCUT2D eigenvalue weighted by atomic mass is 16.6. The molecule has 2 aromatic heterocycles. The second kappa shape index (κ2) is 21.2. The number of carbonyl (C=O) groups excluding carboxylic acids is 2. The first kappa shape index (κ1) is 47.9. The zero-order valence-corrected chi connectivity index (χ0v) is 39.4. The lowest BCUT2D eigenvalue weighted by Gasteiger charge is -2.19. The van der Waals surface area contributed by atoms with E-state index in [0.29, 0.717) is 79.3 Å². The van der Waals surface area contributed by atoms with Gasteiger partial charge in [-0.3, -0.25) is 23.9 Å². The van der Waals surface area contributed by atoms with Gasteiger partial charge in [-0.05, 0) is 98.3 Å². The minimum absolute atomic E-state index is 0.0380. The summed E-state index contributed by atoms with van der Waals surface area (Å²) in [6.45, 7) is 3.27. The maximum Gasteiger partial charge on any atom is 0.273 e. The molecule has 3 N–H and O–H groups in total. The van der Waals surface area contributed by atoms with Gasteiger partial charge in [0, 0.05) is 65.5 Å². The molecule has 1 aliphatic heterocycles. The van der Waals surface area contributed by atoms with Crippen LogP contribution in [0.5, 0.6) is 40.2 Å². The fourth-order valence-corrected chi connectivity index (χ4v) is 8.28. The van der Waals surface area contributed by atoms with Crippen LogP contribution in [-0.2, 0) is 6.54 Å². The number of aromatic hydroxyl groups is 1. The Morgan fingerprint density at radius 1 is 0.686 bits per heavy atom. The number of amides is 2. The highest BCUT2D eigenvalue weighted by molar-refractivity contribution is 6.04. The van der Waals surface area contributed by atoms with Gasteiger partial charge in [0.15, 0.2) is 39.4 Å². The molecule has 0 fully saturated rings. The smallest absolute Gasteiger partial charge is 0.273 e. The third kappa shape index (κ3) is 9.87. The van der Waals surface area contributed by atoms with E-state index < -0.39 is 5.43 Å². The van der Waals surface area contributed by atoms with E-state index in [9.17, 15) is 24.3 Å². The van der Waals surface area contributed by atoms with Gasteiger partial charge >= 0.3 is 0 Å². The van der Waals surface area contributed by atoms with Crippen molar-refractivity contribution in [3.8, 4) is 74.0 Å². The van der Waals surface area contributed by atoms with E-state index in [1.807, 2.05) is 19.1 Å². The number of carbonyl (C=O) groups is 2. The van der Waals surface area contributed by atoms with Crippen LogP contribution < -0.4 is 49.9 Å². The van der Waals surface area contributed by atoms with Gasteiger partial charge in [0.2, 0.25) is 17.2 Å². The standard InChI is InChI=1S/C52H51N5O13/c1-29-23-31(11-15-34(29)44-35-16-13-32(58)25-41(35)69-42-26-33(59)14-17-36(42)44)51(61)53-20-10-21-57-28-37(55-56-57)52(62)54-19-8-7-9-22-68-46-45-38(60)27-40(30-12-18-39(63-2)43(24-30)64-3)70-47(45)49(66-5)50(67-6)48(46)65-4/h11-18,23-28,58H,7-10,19-22H2,1-6H3,(H,53,61)(H,54,62). The van der Waals surface area contributed by atoms with E-state index in [-0.39, 0.29) is 75.0 Å². The van der Waals surface area contributed by atoms with Crippen molar-refractivity contribution in [2.45, 2.75) is 39.2 Å². The van der Waals surface area contributed by atoms with Gasteiger partial charge in [-0.15, -0.1) is 5.10 Å². The van der Waals surface area contributed by atoms with Crippen LogP contribution in [-0.4, -0.2) is 87.2 Å². The van der Waals surface area contributed by atoms with Crippen molar-refractivity contribution in [2.24, 2.45) is 0 Å². The first-order chi connectivity index (χ1) is 34.0. The molecule has 4 aromatic carbocycles. The Balaban J connectivity index is 0.810. The van der Waals surface area contributed by atoms with E-state index in [0.717, 1.165) is 27.6 Å².